The smallest absolute Gasteiger partial charge is 0.208 e. The number of ketones is 1. The number of hydrogen-bond acceptors (Lipinski definition) is 4. The van der Waals surface area contributed by atoms with Crippen molar-refractivity contribution in [2.75, 3.05) is 6.61 Å². The van der Waals surface area contributed by atoms with Gasteiger partial charge < -0.3 is 5.11 Å². The Labute approximate surface area is 88.6 Å². The summed E-state index contributed by atoms with van der Waals surface area (Å²) in [7, 11) is 0. The summed E-state index contributed by atoms with van der Waals surface area (Å²) in [5.74, 6) is -2.29. The normalized spacial score (nSPS) is 10.7. The van der Waals surface area contributed by atoms with Crippen molar-refractivity contribution in [2.24, 2.45) is 0 Å². The molecule has 0 amide bonds. The summed E-state index contributed by atoms with van der Waals surface area (Å²) in [6.07, 6.45) is 1.04. The summed E-state index contributed by atoms with van der Waals surface area (Å²) in [5, 5.41) is 8.60. The number of aliphatic hydroxyl groups is 1. The fourth-order valence-electron chi connectivity index (χ4n) is 1.27. The third-order valence-electron chi connectivity index (χ3n) is 1.99. The highest BCUT2D eigenvalue weighted by atomic mass is 19.1. The highest BCUT2D eigenvalue weighted by Crippen LogP contribution is 2.15. The lowest BCUT2D eigenvalue weighted by molar-refractivity contribution is 0.0898. The number of benzene rings is 1. The molecule has 4 nitrogen and oxygen atoms in total. The minimum Gasteiger partial charge on any atom is -0.388 e. The minimum atomic E-state index is -0.842. The van der Waals surface area contributed by atoms with Crippen LogP contribution in [0.1, 0.15) is 10.5 Å². The van der Waals surface area contributed by atoms with Crippen LogP contribution in [-0.2, 0) is 0 Å². The van der Waals surface area contributed by atoms with Gasteiger partial charge >= 0.3 is 0 Å². The molecule has 0 radical (unpaired) electrons. The zero-order valence-electron chi connectivity index (χ0n) is 7.94. The lowest BCUT2D eigenvalue weighted by Gasteiger charge is -2.01. The number of carbonyl (C=O) groups excluding carboxylic acids is 1. The average Bonchev–Trinajstić information content (AvgIpc) is 2.27. The molecule has 82 valence electrons. The van der Waals surface area contributed by atoms with Gasteiger partial charge in [-0.2, -0.15) is 0 Å². The molecule has 0 spiro atoms. The molecule has 0 saturated heterocycles. The highest BCUT2D eigenvalue weighted by Gasteiger charge is 2.11. The highest BCUT2D eigenvalue weighted by molar-refractivity contribution is 5.96. The molecule has 0 unspecified atom stereocenters. The van der Waals surface area contributed by atoms with Crippen LogP contribution in [0, 0.1) is 11.6 Å². The number of carbonyl (C=O) groups is 1. The number of nitrogens with zero attached hydrogens (tertiary/aromatic N) is 2. The third-order valence-corrected chi connectivity index (χ3v) is 1.99. The molecule has 0 aliphatic heterocycles. The molecule has 0 aliphatic rings. The van der Waals surface area contributed by atoms with Crippen LogP contribution in [0.2, 0.25) is 0 Å². The first-order valence-corrected chi connectivity index (χ1v) is 4.37. The Morgan fingerprint density at radius 3 is 2.81 bits per heavy atom. The Hall–Kier alpha value is -1.95. The molecule has 1 aromatic carbocycles. The van der Waals surface area contributed by atoms with Gasteiger partial charge in [-0.1, -0.05) is 0 Å². The van der Waals surface area contributed by atoms with Gasteiger partial charge in [0.15, 0.2) is 5.82 Å². The van der Waals surface area contributed by atoms with Crippen LogP contribution in [0.25, 0.3) is 11.0 Å². The van der Waals surface area contributed by atoms with Crippen molar-refractivity contribution in [1.82, 2.24) is 9.97 Å². The summed E-state index contributed by atoms with van der Waals surface area (Å²) in [4.78, 5) is 18.5. The number of Topliss-reactive ketones (excluding diaryl/α,β-unsaturated/α-hetero) is 1. The van der Waals surface area contributed by atoms with E-state index in [1.54, 1.807) is 0 Å². The number of rotatable bonds is 2. The third kappa shape index (κ3) is 1.74. The predicted octanol–water partition coefficient (Wildman–Crippen LogP) is 1.08. The second-order valence-corrected chi connectivity index (χ2v) is 3.09. The zero-order valence-corrected chi connectivity index (χ0v) is 7.94. The second kappa shape index (κ2) is 3.90. The topological polar surface area (TPSA) is 63.1 Å². The van der Waals surface area contributed by atoms with Crippen molar-refractivity contribution in [2.45, 2.75) is 0 Å². The van der Waals surface area contributed by atoms with E-state index < -0.39 is 24.0 Å². The molecule has 1 heterocycles. The van der Waals surface area contributed by atoms with Crippen molar-refractivity contribution >= 4 is 16.8 Å². The fraction of sp³-hybridized carbons (Fsp3) is 0.100. The van der Waals surface area contributed by atoms with Crippen LogP contribution < -0.4 is 0 Å². The molecule has 0 bridgehead atoms. The lowest BCUT2D eigenvalue weighted by atomic mass is 10.2. The van der Waals surface area contributed by atoms with E-state index in [1.165, 1.54) is 0 Å². The Balaban J connectivity index is 2.66. The molecular formula is C10H6F2N2O2. The van der Waals surface area contributed by atoms with Gasteiger partial charge in [0, 0.05) is 12.1 Å². The van der Waals surface area contributed by atoms with Gasteiger partial charge in [-0.15, -0.1) is 0 Å². The molecule has 2 aromatic rings. The molecular weight excluding hydrogens is 218 g/mol. The standard InChI is InChI=1S/C10H6F2N2O2/c11-5-1-6(12)10-7(2-5)14-8(3-13-10)9(16)4-15/h1-3,15H,4H2. The van der Waals surface area contributed by atoms with E-state index >= 15 is 0 Å². The van der Waals surface area contributed by atoms with Crippen LogP contribution in [0.4, 0.5) is 8.78 Å². The van der Waals surface area contributed by atoms with Gasteiger partial charge in [0.2, 0.25) is 5.78 Å². The van der Waals surface area contributed by atoms with Crippen LogP contribution >= 0.6 is 0 Å². The van der Waals surface area contributed by atoms with E-state index in [1.807, 2.05) is 0 Å². The molecule has 6 heteroatoms. The Morgan fingerprint density at radius 2 is 2.12 bits per heavy atom. The summed E-state index contributed by atoms with van der Waals surface area (Å²) in [6, 6.07) is 1.66. The summed E-state index contributed by atoms with van der Waals surface area (Å²) < 4.78 is 26.1. The maximum atomic E-state index is 13.2. The Kier molecular flexibility index (Phi) is 2.57. The van der Waals surface area contributed by atoms with Crippen molar-refractivity contribution in [1.29, 1.82) is 0 Å². The molecule has 1 aromatic heterocycles. The maximum Gasteiger partial charge on any atom is 0.208 e. The number of aromatic nitrogens is 2. The largest absolute Gasteiger partial charge is 0.388 e. The molecule has 0 atom stereocenters. The van der Waals surface area contributed by atoms with Crippen molar-refractivity contribution in [3.8, 4) is 0 Å². The van der Waals surface area contributed by atoms with Crippen LogP contribution in [0.5, 0.6) is 0 Å². The van der Waals surface area contributed by atoms with Gasteiger partial charge in [0.05, 0.1) is 11.7 Å². The fourth-order valence-corrected chi connectivity index (χ4v) is 1.27. The van der Waals surface area contributed by atoms with E-state index in [4.69, 9.17) is 5.11 Å². The van der Waals surface area contributed by atoms with Gasteiger partial charge in [-0.05, 0) is 0 Å². The molecule has 0 fully saturated rings. The molecule has 2 rings (SSSR count). The lowest BCUT2D eigenvalue weighted by Crippen LogP contribution is -2.08. The van der Waals surface area contributed by atoms with Crippen molar-refractivity contribution in [3.05, 3.63) is 35.7 Å². The van der Waals surface area contributed by atoms with Crippen LogP contribution in [0.15, 0.2) is 18.3 Å². The number of halogens is 2. The van der Waals surface area contributed by atoms with E-state index in [0.717, 1.165) is 12.3 Å². The first kappa shape index (κ1) is 10.6. The van der Waals surface area contributed by atoms with E-state index in [-0.39, 0.29) is 16.7 Å². The molecule has 1 N–H and O–H groups in total. The average molecular weight is 224 g/mol. The summed E-state index contributed by atoms with van der Waals surface area (Å²) in [5.41, 5.74) is -0.298. The van der Waals surface area contributed by atoms with E-state index in [0.29, 0.717) is 6.07 Å². The number of hydrogen-bond donors (Lipinski definition) is 1. The maximum absolute atomic E-state index is 13.2. The van der Waals surface area contributed by atoms with Crippen molar-refractivity contribution < 1.29 is 18.7 Å². The van der Waals surface area contributed by atoms with Crippen LogP contribution in [-0.4, -0.2) is 27.5 Å². The van der Waals surface area contributed by atoms with Gasteiger partial charge in [-0.3, -0.25) is 4.79 Å². The van der Waals surface area contributed by atoms with Gasteiger partial charge in [0.1, 0.15) is 23.6 Å². The van der Waals surface area contributed by atoms with Gasteiger partial charge in [-0.25, -0.2) is 18.7 Å². The Bertz CT molecular complexity index is 572. The second-order valence-electron chi connectivity index (χ2n) is 3.09. The minimum absolute atomic E-state index is 0.0585. The van der Waals surface area contributed by atoms with E-state index in [9.17, 15) is 13.6 Å². The number of fused-ring (bicyclic) bond motifs is 1. The SMILES string of the molecule is O=C(CO)c1cnc2c(F)cc(F)cc2n1. The zero-order chi connectivity index (χ0) is 11.7. The molecule has 16 heavy (non-hydrogen) atoms. The predicted molar refractivity (Wildman–Crippen MR) is 50.9 cm³/mol. The van der Waals surface area contributed by atoms with E-state index in [2.05, 4.69) is 9.97 Å². The van der Waals surface area contributed by atoms with Crippen LogP contribution in [0.3, 0.4) is 0 Å². The molecule has 0 aliphatic carbocycles. The Morgan fingerprint density at radius 1 is 1.38 bits per heavy atom. The summed E-state index contributed by atoms with van der Waals surface area (Å²) >= 11 is 0. The molecule has 0 saturated carbocycles. The number of aliphatic hydroxyl groups excluding tert-OH is 1. The summed E-state index contributed by atoms with van der Waals surface area (Å²) in [6.45, 7) is -0.724. The quantitative estimate of drug-likeness (QED) is 0.775. The first-order chi connectivity index (χ1) is 7.61. The monoisotopic (exact) mass is 224 g/mol. The van der Waals surface area contributed by atoms with Gasteiger partial charge in [0.25, 0.3) is 0 Å². The first-order valence-electron chi connectivity index (χ1n) is 4.37. The van der Waals surface area contributed by atoms with Crippen molar-refractivity contribution in [3.63, 3.8) is 0 Å².